The Labute approximate surface area is 96.0 Å². The highest BCUT2D eigenvalue weighted by Gasteiger charge is 1.98. The lowest BCUT2D eigenvalue weighted by atomic mass is 10.2. The van der Waals surface area contributed by atoms with Crippen molar-refractivity contribution in [1.82, 2.24) is 0 Å². The molecule has 0 bridgehead atoms. The highest BCUT2D eigenvalue weighted by molar-refractivity contribution is 5.13. The summed E-state index contributed by atoms with van der Waals surface area (Å²) < 4.78 is 5.47. The number of ether oxygens (including phenoxy) is 1. The average molecular weight is 222 g/mol. The van der Waals surface area contributed by atoms with Crippen LogP contribution in [0.25, 0.3) is 0 Å². The molecule has 0 heterocycles. The van der Waals surface area contributed by atoms with Crippen LogP contribution in [0.5, 0.6) is 0 Å². The lowest BCUT2D eigenvalue weighted by Gasteiger charge is -2.06. The first kappa shape index (κ1) is 12.9. The molecule has 0 unspecified atom stereocenters. The van der Waals surface area contributed by atoms with Crippen molar-refractivity contribution < 1.29 is 14.9 Å². The molecule has 0 spiro atoms. The molecular formula is C13H18O3. The Balaban J connectivity index is 2.28. The van der Waals surface area contributed by atoms with Gasteiger partial charge in [-0.05, 0) is 18.1 Å². The van der Waals surface area contributed by atoms with Crippen LogP contribution in [0, 0.1) is 0 Å². The van der Waals surface area contributed by atoms with Gasteiger partial charge in [0.25, 0.3) is 0 Å². The Hall–Kier alpha value is -1.16. The van der Waals surface area contributed by atoms with E-state index in [1.54, 1.807) is 6.08 Å². The maximum Gasteiger partial charge on any atom is 0.0955 e. The fourth-order valence-electron chi connectivity index (χ4n) is 1.33. The lowest BCUT2D eigenvalue weighted by molar-refractivity contribution is 0.123. The molecule has 3 nitrogen and oxygen atoms in total. The van der Waals surface area contributed by atoms with Crippen LogP contribution in [0.2, 0.25) is 0 Å². The maximum atomic E-state index is 9.16. The van der Waals surface area contributed by atoms with Gasteiger partial charge in [0, 0.05) is 0 Å². The van der Waals surface area contributed by atoms with E-state index in [0.29, 0.717) is 13.2 Å². The van der Waals surface area contributed by atoms with Crippen LogP contribution in [0.4, 0.5) is 0 Å². The second-order valence-electron chi connectivity index (χ2n) is 3.74. The standard InChI is InChI=1S/C13H18O3/c1-11(7-13(15)8-14)9-16-10-12-5-3-2-4-6-12/h2-7,13-15H,8-10H2,1H3/b11-7+/t13-/m0/s1. The van der Waals surface area contributed by atoms with Gasteiger partial charge in [0.05, 0.1) is 25.9 Å². The van der Waals surface area contributed by atoms with Crippen molar-refractivity contribution in [3.8, 4) is 0 Å². The van der Waals surface area contributed by atoms with Crippen LogP contribution < -0.4 is 0 Å². The topological polar surface area (TPSA) is 49.7 Å². The summed E-state index contributed by atoms with van der Waals surface area (Å²) in [6.07, 6.45) is 0.811. The van der Waals surface area contributed by atoms with E-state index in [9.17, 15) is 0 Å². The zero-order valence-electron chi connectivity index (χ0n) is 9.47. The van der Waals surface area contributed by atoms with Crippen molar-refractivity contribution in [2.24, 2.45) is 0 Å². The fourth-order valence-corrected chi connectivity index (χ4v) is 1.33. The zero-order valence-corrected chi connectivity index (χ0v) is 9.47. The minimum absolute atomic E-state index is 0.254. The third-order valence-electron chi connectivity index (χ3n) is 2.11. The average Bonchev–Trinajstić information content (AvgIpc) is 2.30. The Morgan fingerprint density at radius 1 is 1.38 bits per heavy atom. The summed E-state index contributed by atoms with van der Waals surface area (Å²) >= 11 is 0. The quantitative estimate of drug-likeness (QED) is 0.717. The first-order valence-electron chi connectivity index (χ1n) is 5.30. The molecule has 0 aromatic heterocycles. The monoisotopic (exact) mass is 222 g/mol. The lowest BCUT2D eigenvalue weighted by Crippen LogP contribution is -2.09. The van der Waals surface area contributed by atoms with Crippen molar-refractivity contribution in [1.29, 1.82) is 0 Å². The summed E-state index contributed by atoms with van der Waals surface area (Å²) in [5.41, 5.74) is 2.04. The van der Waals surface area contributed by atoms with Gasteiger partial charge in [-0.2, -0.15) is 0 Å². The van der Waals surface area contributed by atoms with Crippen molar-refractivity contribution >= 4 is 0 Å². The Morgan fingerprint density at radius 2 is 2.06 bits per heavy atom. The summed E-state index contributed by atoms with van der Waals surface area (Å²) in [6, 6.07) is 9.91. The van der Waals surface area contributed by atoms with Gasteiger partial charge in [0.15, 0.2) is 0 Å². The van der Waals surface area contributed by atoms with E-state index in [1.807, 2.05) is 37.3 Å². The highest BCUT2D eigenvalue weighted by atomic mass is 16.5. The molecule has 0 aliphatic carbocycles. The molecule has 0 amide bonds. The van der Waals surface area contributed by atoms with Crippen LogP contribution in [0.15, 0.2) is 42.0 Å². The summed E-state index contributed by atoms with van der Waals surface area (Å²) in [6.45, 7) is 2.63. The second-order valence-corrected chi connectivity index (χ2v) is 3.74. The van der Waals surface area contributed by atoms with Gasteiger partial charge in [-0.3, -0.25) is 0 Å². The van der Waals surface area contributed by atoms with Crippen LogP contribution in [-0.2, 0) is 11.3 Å². The summed E-state index contributed by atoms with van der Waals surface area (Å²) in [7, 11) is 0. The largest absolute Gasteiger partial charge is 0.393 e. The molecule has 16 heavy (non-hydrogen) atoms. The van der Waals surface area contributed by atoms with Crippen molar-refractivity contribution in [2.75, 3.05) is 13.2 Å². The van der Waals surface area contributed by atoms with Crippen LogP contribution in [0.3, 0.4) is 0 Å². The minimum Gasteiger partial charge on any atom is -0.393 e. The molecule has 1 rings (SSSR count). The van der Waals surface area contributed by atoms with Gasteiger partial charge >= 0.3 is 0 Å². The molecule has 0 fully saturated rings. The predicted molar refractivity (Wildman–Crippen MR) is 62.9 cm³/mol. The molecule has 0 aliphatic heterocycles. The second kappa shape index (κ2) is 7.17. The van der Waals surface area contributed by atoms with Gasteiger partial charge < -0.3 is 14.9 Å². The molecule has 0 saturated heterocycles. The van der Waals surface area contributed by atoms with E-state index in [-0.39, 0.29) is 6.61 Å². The number of aliphatic hydroxyl groups is 2. The Kier molecular flexibility index (Phi) is 5.78. The molecular weight excluding hydrogens is 204 g/mol. The van der Waals surface area contributed by atoms with Crippen LogP contribution in [0.1, 0.15) is 12.5 Å². The number of aliphatic hydroxyl groups excluding tert-OH is 2. The molecule has 0 radical (unpaired) electrons. The molecule has 0 saturated carbocycles. The zero-order chi connectivity index (χ0) is 11.8. The number of hydrogen-bond donors (Lipinski definition) is 2. The van der Waals surface area contributed by atoms with Gasteiger partial charge in [-0.25, -0.2) is 0 Å². The smallest absolute Gasteiger partial charge is 0.0955 e. The number of benzene rings is 1. The molecule has 0 aliphatic rings. The maximum absolute atomic E-state index is 9.16. The Morgan fingerprint density at radius 3 is 2.69 bits per heavy atom. The van der Waals surface area contributed by atoms with Crippen LogP contribution in [-0.4, -0.2) is 29.5 Å². The number of rotatable bonds is 6. The predicted octanol–water partition coefficient (Wildman–Crippen LogP) is 1.50. The summed E-state index contributed by atoms with van der Waals surface area (Å²) in [5, 5.41) is 17.8. The van der Waals surface area contributed by atoms with E-state index >= 15 is 0 Å². The third-order valence-corrected chi connectivity index (χ3v) is 2.11. The summed E-state index contributed by atoms with van der Waals surface area (Å²) in [5.74, 6) is 0. The highest BCUT2D eigenvalue weighted by Crippen LogP contribution is 2.03. The van der Waals surface area contributed by atoms with E-state index in [1.165, 1.54) is 0 Å². The van der Waals surface area contributed by atoms with Gasteiger partial charge in [0.2, 0.25) is 0 Å². The molecule has 2 N–H and O–H groups in total. The first-order chi connectivity index (χ1) is 7.72. The van der Waals surface area contributed by atoms with Crippen LogP contribution >= 0.6 is 0 Å². The SMILES string of the molecule is C/C(=C\[C@H](O)CO)COCc1ccccc1. The summed E-state index contributed by atoms with van der Waals surface area (Å²) in [4.78, 5) is 0. The van der Waals surface area contributed by atoms with Gasteiger partial charge in [0.1, 0.15) is 0 Å². The third kappa shape index (κ3) is 5.07. The number of hydrogen-bond acceptors (Lipinski definition) is 3. The minimum atomic E-state index is -0.791. The Bertz CT molecular complexity index is 319. The van der Waals surface area contributed by atoms with Gasteiger partial charge in [-0.1, -0.05) is 36.4 Å². The molecule has 1 aromatic rings. The van der Waals surface area contributed by atoms with E-state index in [2.05, 4.69) is 0 Å². The van der Waals surface area contributed by atoms with E-state index in [4.69, 9.17) is 14.9 Å². The molecule has 1 aromatic carbocycles. The first-order valence-corrected chi connectivity index (χ1v) is 5.30. The molecule has 3 heteroatoms. The fraction of sp³-hybridized carbons (Fsp3) is 0.385. The van der Waals surface area contributed by atoms with Crippen molar-refractivity contribution in [3.63, 3.8) is 0 Å². The van der Waals surface area contributed by atoms with E-state index < -0.39 is 6.10 Å². The molecule has 1 atom stereocenters. The van der Waals surface area contributed by atoms with E-state index in [0.717, 1.165) is 11.1 Å². The van der Waals surface area contributed by atoms with Crippen molar-refractivity contribution in [2.45, 2.75) is 19.6 Å². The van der Waals surface area contributed by atoms with Gasteiger partial charge in [-0.15, -0.1) is 0 Å². The van der Waals surface area contributed by atoms with Crippen molar-refractivity contribution in [3.05, 3.63) is 47.5 Å². The normalized spacial score (nSPS) is 13.8. The molecule has 88 valence electrons.